The van der Waals surface area contributed by atoms with Crippen LogP contribution in [0.25, 0.3) is 0 Å². The van der Waals surface area contributed by atoms with Crippen LogP contribution < -0.4 is 5.32 Å². The summed E-state index contributed by atoms with van der Waals surface area (Å²) in [6, 6.07) is 1.33. The van der Waals surface area contributed by atoms with Crippen LogP contribution in [0.1, 0.15) is 20.8 Å². The molecule has 0 aromatic rings. The number of halogens is 1. The molecule has 0 aliphatic heterocycles. The SMILES string of the molecule is CC[SiH2]C(C)(C)C(Cl)NC. The number of rotatable bonds is 4. The van der Waals surface area contributed by atoms with E-state index < -0.39 is 0 Å². The molecule has 1 nitrogen and oxygen atoms in total. The van der Waals surface area contributed by atoms with Crippen LogP contribution in [0.5, 0.6) is 0 Å². The minimum absolute atomic E-state index is 0.00326. The van der Waals surface area contributed by atoms with Gasteiger partial charge in [0.05, 0.1) is 5.50 Å². The second kappa shape index (κ2) is 4.37. The van der Waals surface area contributed by atoms with Crippen LogP contribution in [0.3, 0.4) is 0 Å². The van der Waals surface area contributed by atoms with E-state index in [1.54, 1.807) is 0 Å². The minimum Gasteiger partial charge on any atom is -0.304 e. The van der Waals surface area contributed by atoms with E-state index in [-0.39, 0.29) is 15.0 Å². The molecular formula is C7H18ClNSi. The first-order valence-corrected chi connectivity index (χ1v) is 6.00. The van der Waals surface area contributed by atoms with Crippen molar-refractivity contribution in [2.24, 2.45) is 0 Å². The van der Waals surface area contributed by atoms with Crippen LogP contribution in [0.2, 0.25) is 11.1 Å². The van der Waals surface area contributed by atoms with Crippen molar-refractivity contribution in [1.29, 1.82) is 0 Å². The smallest absolute Gasteiger partial charge is 0.0844 e. The van der Waals surface area contributed by atoms with E-state index >= 15 is 0 Å². The molecular weight excluding hydrogens is 162 g/mol. The molecule has 3 heteroatoms. The standard InChI is InChI=1S/C7H18ClNSi/c1-5-10-7(2,3)6(8)9-4/h6,9H,5,10H2,1-4H3. The Morgan fingerprint density at radius 1 is 1.60 bits per heavy atom. The summed E-state index contributed by atoms with van der Waals surface area (Å²) in [5, 5.41) is 3.44. The molecule has 1 unspecified atom stereocenters. The van der Waals surface area contributed by atoms with Gasteiger partial charge in [0.15, 0.2) is 0 Å². The molecule has 10 heavy (non-hydrogen) atoms. The molecule has 0 aromatic heterocycles. The molecule has 0 spiro atoms. The van der Waals surface area contributed by atoms with Crippen LogP contribution >= 0.6 is 11.6 Å². The van der Waals surface area contributed by atoms with Gasteiger partial charge < -0.3 is 5.32 Å². The molecule has 0 heterocycles. The van der Waals surface area contributed by atoms with E-state index in [0.717, 1.165) is 0 Å². The highest BCUT2D eigenvalue weighted by Crippen LogP contribution is 2.30. The fourth-order valence-electron chi connectivity index (χ4n) is 1.16. The van der Waals surface area contributed by atoms with Gasteiger partial charge in [-0.25, -0.2) is 0 Å². The van der Waals surface area contributed by atoms with E-state index in [9.17, 15) is 0 Å². The van der Waals surface area contributed by atoms with Gasteiger partial charge in [0.2, 0.25) is 0 Å². The van der Waals surface area contributed by atoms with Crippen molar-refractivity contribution in [2.45, 2.75) is 37.4 Å². The Bertz CT molecular complexity index is 95.6. The van der Waals surface area contributed by atoms with Crippen molar-refractivity contribution in [2.75, 3.05) is 7.05 Å². The highest BCUT2D eigenvalue weighted by molar-refractivity contribution is 6.43. The Labute approximate surface area is 71.4 Å². The van der Waals surface area contributed by atoms with Gasteiger partial charge in [-0.05, 0) is 12.1 Å². The van der Waals surface area contributed by atoms with Gasteiger partial charge in [0.25, 0.3) is 0 Å². The normalized spacial score (nSPS) is 16.5. The van der Waals surface area contributed by atoms with Gasteiger partial charge in [-0.1, -0.05) is 26.8 Å². The highest BCUT2D eigenvalue weighted by Gasteiger charge is 2.25. The number of hydrogen-bond donors (Lipinski definition) is 1. The van der Waals surface area contributed by atoms with Crippen LogP contribution in [0.4, 0.5) is 0 Å². The van der Waals surface area contributed by atoms with Crippen molar-refractivity contribution in [3.8, 4) is 0 Å². The molecule has 0 rings (SSSR count). The minimum atomic E-state index is -0.00326. The maximum Gasteiger partial charge on any atom is 0.0844 e. The van der Waals surface area contributed by atoms with Gasteiger partial charge in [-0.15, -0.1) is 11.6 Å². The van der Waals surface area contributed by atoms with Gasteiger partial charge in [0.1, 0.15) is 0 Å². The van der Waals surface area contributed by atoms with Crippen molar-refractivity contribution < 1.29 is 0 Å². The van der Waals surface area contributed by atoms with E-state index in [1.807, 2.05) is 7.05 Å². The summed E-state index contributed by atoms with van der Waals surface area (Å²) >= 11 is 6.06. The van der Waals surface area contributed by atoms with Gasteiger partial charge in [0, 0.05) is 9.52 Å². The van der Waals surface area contributed by atoms with E-state index in [2.05, 4.69) is 26.1 Å². The predicted molar refractivity (Wildman–Crippen MR) is 51.8 cm³/mol. The van der Waals surface area contributed by atoms with Gasteiger partial charge in [-0.3, -0.25) is 0 Å². The molecule has 0 aliphatic rings. The molecule has 0 bridgehead atoms. The molecule has 0 saturated carbocycles. The number of alkyl halides is 1. The summed E-state index contributed by atoms with van der Waals surface area (Å²) in [5.41, 5.74) is 0.152. The molecule has 0 radical (unpaired) electrons. The number of nitrogens with one attached hydrogen (secondary N) is 1. The zero-order chi connectivity index (χ0) is 8.20. The zero-order valence-electron chi connectivity index (χ0n) is 7.37. The maximum absolute atomic E-state index is 6.06. The predicted octanol–water partition coefficient (Wildman–Crippen LogP) is 1.58. The quantitative estimate of drug-likeness (QED) is 0.393. The number of hydrogen-bond acceptors (Lipinski definition) is 1. The topological polar surface area (TPSA) is 12.0 Å². The highest BCUT2D eigenvalue weighted by atomic mass is 35.5. The molecule has 0 fully saturated rings. The van der Waals surface area contributed by atoms with Crippen molar-refractivity contribution in [1.82, 2.24) is 5.32 Å². The molecule has 0 aromatic carbocycles. The Morgan fingerprint density at radius 2 is 2.10 bits per heavy atom. The Hall–Kier alpha value is 0.467. The summed E-state index contributed by atoms with van der Waals surface area (Å²) in [4.78, 5) is 0. The first-order valence-electron chi connectivity index (χ1n) is 3.86. The largest absolute Gasteiger partial charge is 0.304 e. The van der Waals surface area contributed by atoms with Crippen LogP contribution in [-0.2, 0) is 0 Å². The Kier molecular flexibility index (Phi) is 4.57. The lowest BCUT2D eigenvalue weighted by molar-refractivity contribution is 0.558. The third-order valence-electron chi connectivity index (χ3n) is 1.83. The van der Waals surface area contributed by atoms with E-state index in [1.165, 1.54) is 6.04 Å². The molecule has 0 saturated heterocycles. The molecule has 1 atom stereocenters. The molecule has 62 valence electrons. The third kappa shape index (κ3) is 3.04. The van der Waals surface area contributed by atoms with Crippen molar-refractivity contribution in [3.05, 3.63) is 0 Å². The zero-order valence-corrected chi connectivity index (χ0v) is 9.54. The van der Waals surface area contributed by atoms with E-state index in [4.69, 9.17) is 11.6 Å². The van der Waals surface area contributed by atoms with Crippen molar-refractivity contribution >= 4 is 21.1 Å². The average molecular weight is 180 g/mol. The molecule has 0 amide bonds. The van der Waals surface area contributed by atoms with Crippen molar-refractivity contribution in [3.63, 3.8) is 0 Å². The Balaban J connectivity index is 3.82. The van der Waals surface area contributed by atoms with Crippen LogP contribution in [0.15, 0.2) is 0 Å². The lowest BCUT2D eigenvalue weighted by Crippen LogP contribution is -2.33. The summed E-state index contributed by atoms with van der Waals surface area (Å²) in [5.74, 6) is 0. The monoisotopic (exact) mass is 179 g/mol. The summed E-state index contributed by atoms with van der Waals surface area (Å²) < 4.78 is 0. The van der Waals surface area contributed by atoms with Gasteiger partial charge in [-0.2, -0.15) is 0 Å². The fraction of sp³-hybridized carbons (Fsp3) is 1.00. The lowest BCUT2D eigenvalue weighted by Gasteiger charge is -2.28. The lowest BCUT2D eigenvalue weighted by atomic mass is 10.2. The second-order valence-corrected chi connectivity index (χ2v) is 7.15. The van der Waals surface area contributed by atoms with E-state index in [0.29, 0.717) is 5.04 Å². The summed E-state index contributed by atoms with van der Waals surface area (Å²) in [7, 11) is 1.92. The maximum atomic E-state index is 6.06. The summed E-state index contributed by atoms with van der Waals surface area (Å²) in [6.45, 7) is 6.74. The molecule has 1 N–H and O–H groups in total. The first-order chi connectivity index (χ1) is 4.54. The molecule has 0 aliphatic carbocycles. The summed E-state index contributed by atoms with van der Waals surface area (Å²) in [6.07, 6.45) is 0. The third-order valence-corrected chi connectivity index (χ3v) is 5.10. The first kappa shape index (κ1) is 10.5. The fourth-order valence-corrected chi connectivity index (χ4v) is 3.24. The van der Waals surface area contributed by atoms with Crippen LogP contribution in [-0.4, -0.2) is 22.1 Å². The van der Waals surface area contributed by atoms with Crippen LogP contribution in [0, 0.1) is 0 Å². The average Bonchev–Trinajstić information content (AvgIpc) is 1.86. The second-order valence-electron chi connectivity index (χ2n) is 3.39. The Morgan fingerprint density at radius 3 is 2.40 bits per heavy atom. The van der Waals surface area contributed by atoms with Gasteiger partial charge >= 0.3 is 0 Å².